The van der Waals surface area contributed by atoms with E-state index in [4.69, 9.17) is 23.2 Å². The molecule has 2 saturated heterocycles. The summed E-state index contributed by atoms with van der Waals surface area (Å²) in [7, 11) is 0. The Morgan fingerprint density at radius 1 is 0.860 bits per heavy atom. The maximum atomic E-state index is 15.2. The fraction of sp³-hybridized carbons (Fsp3) is 0.273. The highest BCUT2D eigenvalue weighted by Gasteiger charge is 2.77. The number of carbonyl (C=O) groups is 4. The minimum Gasteiger partial charge on any atom is -0.508 e. The lowest BCUT2D eigenvalue weighted by atomic mass is 9.56. The number of fused-ring (bicyclic) bond motifs is 4. The van der Waals surface area contributed by atoms with E-state index in [0.29, 0.717) is 0 Å². The number of halogens is 7. The molecule has 0 spiro atoms. The van der Waals surface area contributed by atoms with Crippen LogP contribution in [0, 0.1) is 63.9 Å². The second kappa shape index (κ2) is 11.1. The number of carbonyl (C=O) groups excluding carboxylic acids is 4. The molecule has 6 unspecified atom stereocenters. The van der Waals surface area contributed by atoms with Crippen LogP contribution in [0.25, 0.3) is 0 Å². The van der Waals surface area contributed by atoms with E-state index in [0.717, 1.165) is 17.0 Å². The number of imide groups is 2. The van der Waals surface area contributed by atoms with Gasteiger partial charge in [-0.3, -0.25) is 29.3 Å². The van der Waals surface area contributed by atoms with Crippen LogP contribution in [0.2, 0.25) is 0 Å². The number of phenols is 1. The SMILES string of the molecule is Cc1cc(C2C3=CCC4C(=O)N(c5cccc([N+](=O)[O-])c5)C(=O)C4C3CC3(Cl)C(=O)N(c4c(F)c(F)c(F)c(F)c4F)C(=O)C23Cl)ccc1O. The molecule has 1 saturated carbocycles. The molecular weight excluding hydrogens is 716 g/mol. The highest BCUT2D eigenvalue weighted by Crippen LogP contribution is 2.66. The highest BCUT2D eigenvalue weighted by atomic mass is 35.5. The number of hydrogen-bond acceptors (Lipinski definition) is 7. The molecule has 0 bridgehead atoms. The van der Waals surface area contributed by atoms with Gasteiger partial charge in [0.15, 0.2) is 33.0 Å². The van der Waals surface area contributed by atoms with Crippen molar-refractivity contribution >= 4 is 63.9 Å². The maximum absolute atomic E-state index is 15.2. The van der Waals surface area contributed by atoms with Crippen LogP contribution in [0.1, 0.15) is 29.9 Å². The largest absolute Gasteiger partial charge is 0.508 e. The first kappa shape index (κ1) is 33.6. The first-order valence-electron chi connectivity index (χ1n) is 14.9. The number of aromatic hydroxyl groups is 1. The number of anilines is 2. The molecule has 1 N–H and O–H groups in total. The molecule has 50 heavy (non-hydrogen) atoms. The summed E-state index contributed by atoms with van der Waals surface area (Å²) in [6, 6.07) is 8.70. The van der Waals surface area contributed by atoms with E-state index >= 15 is 8.78 Å². The first-order valence-corrected chi connectivity index (χ1v) is 15.6. The van der Waals surface area contributed by atoms with Gasteiger partial charge in [0.05, 0.1) is 22.4 Å². The van der Waals surface area contributed by atoms with Crippen molar-refractivity contribution in [3.63, 3.8) is 0 Å². The number of aryl methyl sites for hydroxylation is 1. The van der Waals surface area contributed by atoms with Crippen molar-refractivity contribution in [2.45, 2.75) is 35.4 Å². The van der Waals surface area contributed by atoms with Crippen LogP contribution in [0.15, 0.2) is 54.1 Å². The van der Waals surface area contributed by atoms with Crippen LogP contribution in [0.5, 0.6) is 5.75 Å². The Morgan fingerprint density at radius 3 is 2.12 bits per heavy atom. The molecule has 3 aromatic rings. The second-order valence-electron chi connectivity index (χ2n) is 12.5. The van der Waals surface area contributed by atoms with Crippen molar-refractivity contribution < 1.29 is 51.2 Å². The number of nitro benzene ring substituents is 1. The van der Waals surface area contributed by atoms with Crippen molar-refractivity contribution in [1.82, 2.24) is 0 Å². The summed E-state index contributed by atoms with van der Waals surface area (Å²) in [5, 5.41) is 21.7. The van der Waals surface area contributed by atoms with Crippen LogP contribution in [-0.2, 0) is 19.2 Å². The van der Waals surface area contributed by atoms with Gasteiger partial charge in [-0.2, -0.15) is 0 Å². The van der Waals surface area contributed by atoms with Gasteiger partial charge in [-0.1, -0.05) is 29.8 Å². The fourth-order valence-corrected chi connectivity index (χ4v) is 8.73. The molecular formula is C33H20Cl2F5N3O7. The Balaban J connectivity index is 1.42. The van der Waals surface area contributed by atoms with Crippen molar-refractivity contribution in [1.29, 1.82) is 0 Å². The van der Waals surface area contributed by atoms with Gasteiger partial charge in [0.2, 0.25) is 17.6 Å². The van der Waals surface area contributed by atoms with E-state index in [1.54, 1.807) is 0 Å². The summed E-state index contributed by atoms with van der Waals surface area (Å²) < 4.78 is 73.1. The lowest BCUT2D eigenvalue weighted by Gasteiger charge is -2.50. The average molecular weight is 736 g/mol. The maximum Gasteiger partial charge on any atom is 0.271 e. The molecule has 3 fully saturated rings. The zero-order chi connectivity index (χ0) is 36.4. The van der Waals surface area contributed by atoms with Gasteiger partial charge in [0.25, 0.3) is 17.5 Å². The van der Waals surface area contributed by atoms with Crippen LogP contribution in [-0.4, -0.2) is 43.4 Å². The van der Waals surface area contributed by atoms with Gasteiger partial charge in [-0.25, -0.2) is 31.8 Å². The molecule has 2 aliphatic carbocycles. The topological polar surface area (TPSA) is 138 Å². The third-order valence-corrected chi connectivity index (χ3v) is 11.5. The van der Waals surface area contributed by atoms with E-state index in [9.17, 15) is 47.6 Å². The average Bonchev–Trinajstić information content (AvgIpc) is 3.42. The van der Waals surface area contributed by atoms with Crippen molar-refractivity contribution in [2.24, 2.45) is 17.8 Å². The summed E-state index contributed by atoms with van der Waals surface area (Å²) >= 11 is 14.2. The summed E-state index contributed by atoms with van der Waals surface area (Å²) in [5.41, 5.74) is -1.83. The first-order chi connectivity index (χ1) is 23.5. The minimum atomic E-state index is -2.71. The van der Waals surface area contributed by atoms with Gasteiger partial charge in [0.1, 0.15) is 11.4 Å². The van der Waals surface area contributed by atoms with Gasteiger partial charge < -0.3 is 5.11 Å². The Labute approximate surface area is 287 Å². The number of amides is 4. The van der Waals surface area contributed by atoms with Crippen molar-refractivity contribution in [3.05, 3.63) is 104 Å². The third kappa shape index (κ3) is 4.19. The van der Waals surface area contributed by atoms with Gasteiger partial charge >= 0.3 is 0 Å². The standard InChI is InChI=1S/C33H20Cl2F5N3O7/c1-12-9-13(5-8-19(12)44)21-16-6-7-17-20(29(46)41(28(17)45)14-3-2-4-15(10-14)43(49)50)18(16)11-32(34)30(47)42(31(48)33(21,32)35)27-25(39)23(37)22(36)24(38)26(27)40/h2-6,8-10,17-18,20-21,44H,7,11H2,1H3. The summed E-state index contributed by atoms with van der Waals surface area (Å²) in [6.45, 7) is 1.48. The highest BCUT2D eigenvalue weighted by molar-refractivity contribution is 6.58. The Kier molecular flexibility index (Phi) is 7.43. The van der Waals surface area contributed by atoms with E-state index < -0.39 is 109 Å². The normalized spacial score (nSPS) is 28.8. The lowest BCUT2D eigenvalue weighted by molar-refractivity contribution is -0.384. The summed E-state index contributed by atoms with van der Waals surface area (Å²) in [5.74, 6) is -22.5. The van der Waals surface area contributed by atoms with Gasteiger partial charge in [-0.05, 0) is 48.9 Å². The summed E-state index contributed by atoms with van der Waals surface area (Å²) in [6.07, 6.45) is 0.683. The number of benzene rings is 3. The smallest absolute Gasteiger partial charge is 0.271 e. The fourth-order valence-electron chi connectivity index (χ4n) is 7.80. The number of nitrogens with zero attached hydrogens (tertiary/aromatic N) is 3. The molecule has 17 heteroatoms. The number of hydrogen-bond donors (Lipinski definition) is 1. The molecule has 6 atom stereocenters. The second-order valence-corrected chi connectivity index (χ2v) is 13.8. The molecule has 10 nitrogen and oxygen atoms in total. The van der Waals surface area contributed by atoms with Crippen LogP contribution in [0.4, 0.5) is 39.0 Å². The molecule has 0 aromatic heterocycles. The predicted octanol–water partition coefficient (Wildman–Crippen LogP) is 6.07. The Hall–Kier alpha value is -4.89. The van der Waals surface area contributed by atoms with E-state index in [-0.39, 0.29) is 39.5 Å². The predicted molar refractivity (Wildman–Crippen MR) is 165 cm³/mol. The van der Waals surface area contributed by atoms with Gasteiger partial charge in [0, 0.05) is 18.1 Å². The number of allylic oxidation sites excluding steroid dienone is 2. The van der Waals surface area contributed by atoms with Crippen LogP contribution < -0.4 is 9.80 Å². The molecule has 3 aromatic carbocycles. The molecule has 0 radical (unpaired) electrons. The van der Waals surface area contributed by atoms with Crippen LogP contribution in [0.3, 0.4) is 0 Å². The number of nitro groups is 1. The minimum absolute atomic E-state index is 0.108. The molecule has 4 amide bonds. The summed E-state index contributed by atoms with van der Waals surface area (Å²) in [4.78, 5) is 62.2. The molecule has 4 aliphatic rings. The number of phenolic OH excluding ortho intramolecular Hbond substituents is 1. The number of non-ortho nitro benzene ring substituents is 1. The molecule has 7 rings (SSSR count). The van der Waals surface area contributed by atoms with E-state index in [1.165, 1.54) is 43.3 Å². The third-order valence-electron chi connectivity index (χ3n) is 10.1. The lowest BCUT2D eigenvalue weighted by Crippen LogP contribution is -2.60. The molecule has 2 aliphatic heterocycles. The zero-order valence-corrected chi connectivity index (χ0v) is 26.7. The van der Waals surface area contributed by atoms with Crippen LogP contribution >= 0.6 is 23.2 Å². The Morgan fingerprint density at radius 2 is 1.50 bits per heavy atom. The number of rotatable bonds is 4. The van der Waals surface area contributed by atoms with E-state index in [2.05, 4.69) is 0 Å². The zero-order valence-electron chi connectivity index (χ0n) is 25.2. The molecule has 2 heterocycles. The Bertz CT molecular complexity index is 2140. The van der Waals surface area contributed by atoms with E-state index in [1.807, 2.05) is 0 Å². The molecule has 258 valence electrons. The van der Waals surface area contributed by atoms with Crippen molar-refractivity contribution in [3.8, 4) is 5.75 Å². The quantitative estimate of drug-likeness (QED) is 0.0502. The van der Waals surface area contributed by atoms with Gasteiger partial charge in [-0.15, -0.1) is 23.2 Å². The number of alkyl halides is 2. The van der Waals surface area contributed by atoms with Crippen molar-refractivity contribution in [2.75, 3.05) is 9.80 Å². The monoisotopic (exact) mass is 735 g/mol.